The van der Waals surface area contributed by atoms with Crippen LogP contribution in [0.2, 0.25) is 0 Å². The Morgan fingerprint density at radius 1 is 0.784 bits per heavy atom. The van der Waals surface area contributed by atoms with Gasteiger partial charge < -0.3 is 15.0 Å². The van der Waals surface area contributed by atoms with Crippen molar-refractivity contribution in [1.29, 1.82) is 0 Å². The van der Waals surface area contributed by atoms with Crippen LogP contribution in [0, 0.1) is 0 Å². The molecule has 1 heterocycles. The van der Waals surface area contributed by atoms with Crippen LogP contribution in [0.4, 0.5) is 10.5 Å². The monoisotopic (exact) mass is 493 g/mol. The molecule has 0 aromatic heterocycles. The first kappa shape index (κ1) is 25.0. The molecule has 5 nitrogen and oxygen atoms in total. The number of carbonyl (C=O) groups is 1. The normalized spacial score (nSPS) is 14.1. The maximum absolute atomic E-state index is 13.7. The fourth-order valence-corrected chi connectivity index (χ4v) is 5.11. The summed E-state index contributed by atoms with van der Waals surface area (Å²) in [7, 11) is 0. The van der Waals surface area contributed by atoms with Crippen LogP contribution in [0.5, 0.6) is 0 Å². The SMILES string of the molecule is O=C(Nc1cccc2ccccc12)N(CCC(c1ccccc1)c1ccccc1)CCN1CCOCC1. The second-order valence-corrected chi connectivity index (χ2v) is 9.56. The highest BCUT2D eigenvalue weighted by Gasteiger charge is 2.21. The number of rotatable bonds is 9. The van der Waals surface area contributed by atoms with E-state index in [1.807, 2.05) is 29.2 Å². The zero-order valence-electron chi connectivity index (χ0n) is 21.3. The van der Waals surface area contributed by atoms with Crippen molar-refractivity contribution in [2.75, 3.05) is 51.3 Å². The molecule has 1 aliphatic rings. The van der Waals surface area contributed by atoms with Gasteiger partial charge in [-0.3, -0.25) is 4.90 Å². The molecular formula is C32H35N3O2. The first-order valence-corrected chi connectivity index (χ1v) is 13.2. The molecule has 5 heteroatoms. The number of carbonyl (C=O) groups excluding carboxylic acids is 1. The quantitative estimate of drug-likeness (QED) is 0.301. The lowest BCUT2D eigenvalue weighted by molar-refractivity contribution is 0.0351. The van der Waals surface area contributed by atoms with Crippen molar-refractivity contribution in [3.63, 3.8) is 0 Å². The van der Waals surface area contributed by atoms with Crippen molar-refractivity contribution in [3.8, 4) is 0 Å². The molecule has 0 spiro atoms. The van der Waals surface area contributed by atoms with Gasteiger partial charge in [-0.2, -0.15) is 0 Å². The van der Waals surface area contributed by atoms with Gasteiger partial charge in [-0.1, -0.05) is 97.1 Å². The number of hydrogen-bond donors (Lipinski definition) is 1. The van der Waals surface area contributed by atoms with Gasteiger partial charge in [0.05, 0.1) is 18.9 Å². The van der Waals surface area contributed by atoms with E-state index < -0.39 is 0 Å². The predicted molar refractivity (Wildman–Crippen MR) is 151 cm³/mol. The second-order valence-electron chi connectivity index (χ2n) is 9.56. The van der Waals surface area contributed by atoms with Crippen LogP contribution < -0.4 is 5.32 Å². The van der Waals surface area contributed by atoms with Gasteiger partial charge in [-0.25, -0.2) is 4.79 Å². The summed E-state index contributed by atoms with van der Waals surface area (Å²) in [6.45, 7) is 5.51. The molecule has 1 fully saturated rings. The van der Waals surface area contributed by atoms with E-state index in [0.717, 1.165) is 55.7 Å². The Kier molecular flexibility index (Phi) is 8.46. The van der Waals surface area contributed by atoms with E-state index in [0.29, 0.717) is 13.1 Å². The number of amides is 2. The maximum atomic E-state index is 13.7. The molecule has 37 heavy (non-hydrogen) atoms. The lowest BCUT2D eigenvalue weighted by Crippen LogP contribution is -2.44. The number of morpholine rings is 1. The Morgan fingerprint density at radius 3 is 2.11 bits per heavy atom. The number of fused-ring (bicyclic) bond motifs is 1. The molecule has 0 saturated carbocycles. The highest BCUT2D eigenvalue weighted by Crippen LogP contribution is 2.29. The van der Waals surface area contributed by atoms with Gasteiger partial charge in [0.1, 0.15) is 0 Å². The summed E-state index contributed by atoms with van der Waals surface area (Å²) in [5, 5.41) is 5.39. The van der Waals surface area contributed by atoms with E-state index in [1.54, 1.807) is 0 Å². The predicted octanol–water partition coefficient (Wildman–Crippen LogP) is 6.23. The van der Waals surface area contributed by atoms with Gasteiger partial charge >= 0.3 is 6.03 Å². The van der Waals surface area contributed by atoms with E-state index in [2.05, 4.69) is 89.1 Å². The van der Waals surface area contributed by atoms with Crippen LogP contribution in [0.3, 0.4) is 0 Å². The molecule has 0 atom stereocenters. The van der Waals surface area contributed by atoms with Crippen molar-refractivity contribution in [3.05, 3.63) is 114 Å². The molecule has 0 aliphatic carbocycles. The molecule has 1 saturated heterocycles. The minimum Gasteiger partial charge on any atom is -0.379 e. The van der Waals surface area contributed by atoms with E-state index in [-0.39, 0.29) is 11.9 Å². The zero-order chi connectivity index (χ0) is 25.3. The number of nitrogens with one attached hydrogen (secondary N) is 1. The molecule has 1 aliphatic heterocycles. The van der Waals surface area contributed by atoms with Gasteiger partial charge in [-0.15, -0.1) is 0 Å². The lowest BCUT2D eigenvalue weighted by atomic mass is 9.88. The minimum atomic E-state index is -0.0514. The third-order valence-electron chi connectivity index (χ3n) is 7.20. The average Bonchev–Trinajstić information content (AvgIpc) is 2.96. The van der Waals surface area contributed by atoms with Gasteiger partial charge in [0.25, 0.3) is 0 Å². The van der Waals surface area contributed by atoms with Crippen molar-refractivity contribution >= 4 is 22.5 Å². The smallest absolute Gasteiger partial charge is 0.321 e. The van der Waals surface area contributed by atoms with Crippen molar-refractivity contribution < 1.29 is 9.53 Å². The van der Waals surface area contributed by atoms with E-state index >= 15 is 0 Å². The Labute approximate surface area is 219 Å². The summed E-state index contributed by atoms with van der Waals surface area (Å²) in [4.78, 5) is 18.1. The van der Waals surface area contributed by atoms with Crippen molar-refractivity contribution in [2.45, 2.75) is 12.3 Å². The first-order chi connectivity index (χ1) is 18.3. The van der Waals surface area contributed by atoms with Crippen molar-refractivity contribution in [1.82, 2.24) is 9.80 Å². The van der Waals surface area contributed by atoms with Gasteiger partial charge in [0, 0.05) is 44.0 Å². The molecular weight excluding hydrogens is 458 g/mol. The standard InChI is InChI=1S/C32H35N3O2/c36-32(33-31-17-9-15-28-14-7-8-16-30(28)31)35(21-20-34-22-24-37-25-23-34)19-18-29(26-10-3-1-4-11-26)27-12-5-2-6-13-27/h1-17,29H,18-25H2,(H,33,36). The largest absolute Gasteiger partial charge is 0.379 e. The molecule has 190 valence electrons. The number of urea groups is 1. The molecule has 4 aromatic carbocycles. The third-order valence-corrected chi connectivity index (χ3v) is 7.20. The highest BCUT2D eigenvalue weighted by molar-refractivity contribution is 6.01. The highest BCUT2D eigenvalue weighted by atomic mass is 16.5. The zero-order valence-corrected chi connectivity index (χ0v) is 21.3. The van der Waals surface area contributed by atoms with Crippen LogP contribution >= 0.6 is 0 Å². The third kappa shape index (κ3) is 6.56. The molecule has 4 aromatic rings. The summed E-state index contributed by atoms with van der Waals surface area (Å²) >= 11 is 0. The van der Waals surface area contributed by atoms with Crippen LogP contribution in [-0.2, 0) is 4.74 Å². The van der Waals surface area contributed by atoms with Crippen LogP contribution in [0.25, 0.3) is 10.8 Å². The van der Waals surface area contributed by atoms with Gasteiger partial charge in [-0.05, 0) is 29.0 Å². The van der Waals surface area contributed by atoms with Gasteiger partial charge in [0.2, 0.25) is 0 Å². The molecule has 0 bridgehead atoms. The number of anilines is 1. The summed E-state index contributed by atoms with van der Waals surface area (Å²) < 4.78 is 5.52. The summed E-state index contributed by atoms with van der Waals surface area (Å²) in [6.07, 6.45) is 0.847. The molecule has 5 rings (SSSR count). The minimum absolute atomic E-state index is 0.0514. The average molecular weight is 494 g/mol. The summed E-state index contributed by atoms with van der Waals surface area (Å²) in [5.41, 5.74) is 3.40. The van der Waals surface area contributed by atoms with E-state index in [9.17, 15) is 4.79 Å². The molecule has 0 radical (unpaired) electrons. The first-order valence-electron chi connectivity index (χ1n) is 13.2. The van der Waals surface area contributed by atoms with Crippen LogP contribution in [0.1, 0.15) is 23.5 Å². The summed E-state index contributed by atoms with van der Waals surface area (Å²) in [5.74, 6) is 0.221. The number of hydrogen-bond acceptors (Lipinski definition) is 3. The Hall–Kier alpha value is -3.67. The van der Waals surface area contributed by atoms with E-state index in [1.165, 1.54) is 11.1 Å². The Morgan fingerprint density at radius 2 is 1.41 bits per heavy atom. The fourth-order valence-electron chi connectivity index (χ4n) is 5.11. The van der Waals surface area contributed by atoms with Crippen molar-refractivity contribution in [2.24, 2.45) is 0 Å². The van der Waals surface area contributed by atoms with Gasteiger partial charge in [0.15, 0.2) is 0 Å². The number of ether oxygens (including phenoxy) is 1. The van der Waals surface area contributed by atoms with Crippen LogP contribution in [0.15, 0.2) is 103 Å². The molecule has 2 amide bonds. The molecule has 0 unspecified atom stereocenters. The second kappa shape index (κ2) is 12.5. The molecule has 1 N–H and O–H groups in total. The Balaban J connectivity index is 1.35. The van der Waals surface area contributed by atoms with E-state index in [4.69, 9.17) is 4.74 Å². The topological polar surface area (TPSA) is 44.8 Å². The Bertz CT molecular complexity index is 1230. The fraction of sp³-hybridized carbons (Fsp3) is 0.281. The lowest BCUT2D eigenvalue weighted by Gasteiger charge is -2.31. The summed E-state index contributed by atoms with van der Waals surface area (Å²) in [6, 6.07) is 35.4. The number of benzene rings is 4. The van der Waals surface area contributed by atoms with Crippen LogP contribution in [-0.4, -0.2) is 61.8 Å². The maximum Gasteiger partial charge on any atom is 0.321 e. The number of nitrogens with zero attached hydrogens (tertiary/aromatic N) is 2.